The average Bonchev–Trinajstić information content (AvgIpc) is 3.64. The van der Waals surface area contributed by atoms with Crippen LogP contribution in [0.2, 0.25) is 0 Å². The van der Waals surface area contributed by atoms with Gasteiger partial charge in [0, 0.05) is 30.2 Å². The molecule has 0 saturated carbocycles. The third kappa shape index (κ3) is 4.94. The van der Waals surface area contributed by atoms with E-state index in [0.717, 1.165) is 11.1 Å². The monoisotopic (exact) mass is 777 g/mol. The third-order valence-electron chi connectivity index (χ3n) is 12.4. The molecule has 0 radical (unpaired) electrons. The molecule has 2 saturated heterocycles. The second-order valence-corrected chi connectivity index (χ2v) is 16.7. The lowest BCUT2D eigenvalue weighted by molar-refractivity contribution is -0.187. The van der Waals surface area contributed by atoms with Crippen LogP contribution in [0, 0.1) is 13.8 Å². The van der Waals surface area contributed by atoms with Crippen molar-refractivity contribution in [3.8, 4) is 40.2 Å². The van der Waals surface area contributed by atoms with Gasteiger partial charge in [-0.2, -0.15) is 0 Å². The van der Waals surface area contributed by atoms with Crippen LogP contribution in [0.25, 0.3) is 0 Å². The summed E-state index contributed by atoms with van der Waals surface area (Å²) in [5.41, 5.74) is 2.93. The maximum atomic E-state index is 15.9. The van der Waals surface area contributed by atoms with Gasteiger partial charge >= 0.3 is 11.9 Å². The molecule has 7 aliphatic rings. The third-order valence-corrected chi connectivity index (χ3v) is 14.2. The first-order valence-corrected chi connectivity index (χ1v) is 19.6. The number of ether oxygens (including phenoxy) is 6. The highest BCUT2D eigenvalue weighted by molar-refractivity contribution is 7.91. The molecule has 1 spiro atoms. The van der Waals surface area contributed by atoms with E-state index < -0.39 is 64.3 Å². The second kappa shape index (κ2) is 12.8. The summed E-state index contributed by atoms with van der Waals surface area (Å²) in [6.45, 7) is 4.77. The van der Waals surface area contributed by atoms with E-state index in [9.17, 15) is 24.9 Å². The van der Waals surface area contributed by atoms with Gasteiger partial charge in [0.05, 0.1) is 44.0 Å². The summed E-state index contributed by atoms with van der Waals surface area (Å²) < 4.78 is 51.5. The van der Waals surface area contributed by atoms with Crippen molar-refractivity contribution in [3.63, 3.8) is 0 Å². The summed E-state index contributed by atoms with van der Waals surface area (Å²) in [5.74, 6) is -0.492. The van der Waals surface area contributed by atoms with Crippen molar-refractivity contribution in [2.45, 2.75) is 74.8 Å². The number of benzene rings is 3. The number of phenols is 2. The van der Waals surface area contributed by atoms with Crippen LogP contribution < -0.4 is 29.0 Å². The highest BCUT2D eigenvalue weighted by Gasteiger charge is 2.65. The number of likely N-dealkylation sites (N-methyl/N-ethyl adjacent to an activating group) is 1. The van der Waals surface area contributed by atoms with E-state index in [4.69, 9.17) is 28.4 Å². The van der Waals surface area contributed by atoms with Gasteiger partial charge in [-0.1, -0.05) is 6.07 Å². The van der Waals surface area contributed by atoms with Crippen molar-refractivity contribution in [2.75, 3.05) is 47.0 Å². The largest absolute Gasteiger partial charge is 0.616 e. The molecule has 16 heteroatoms. The Balaban J connectivity index is 1.35. The Hall–Kier alpha value is -4.45. The lowest BCUT2D eigenvalue weighted by Gasteiger charge is -2.61. The Morgan fingerprint density at radius 3 is 2.53 bits per heavy atom. The van der Waals surface area contributed by atoms with Crippen LogP contribution in [0.5, 0.6) is 40.2 Å². The number of rotatable bonds is 3. The normalized spacial score (nSPS) is 30.5. The van der Waals surface area contributed by atoms with Gasteiger partial charge < -0.3 is 48.3 Å². The van der Waals surface area contributed by atoms with Gasteiger partial charge in [-0.25, -0.2) is 4.79 Å². The molecule has 292 valence electrons. The van der Waals surface area contributed by atoms with Gasteiger partial charge in [0.1, 0.15) is 24.3 Å². The lowest BCUT2D eigenvalue weighted by Crippen LogP contribution is -2.71. The minimum atomic E-state index is -2.06. The lowest BCUT2D eigenvalue weighted by atomic mass is 9.73. The first-order chi connectivity index (χ1) is 26.3. The van der Waals surface area contributed by atoms with Crippen molar-refractivity contribution in [3.05, 3.63) is 62.7 Å². The second-order valence-electron chi connectivity index (χ2n) is 15.1. The highest BCUT2D eigenvalue weighted by Crippen LogP contribution is 2.63. The molecule has 7 aliphatic heterocycles. The predicted octanol–water partition coefficient (Wildman–Crippen LogP) is 2.43. The summed E-state index contributed by atoms with van der Waals surface area (Å²) >= 11 is -2.06. The predicted molar refractivity (Wildman–Crippen MR) is 195 cm³/mol. The van der Waals surface area contributed by atoms with Crippen molar-refractivity contribution >= 4 is 23.1 Å². The van der Waals surface area contributed by atoms with Crippen LogP contribution in [-0.2, 0) is 43.9 Å². The summed E-state index contributed by atoms with van der Waals surface area (Å²) in [5, 5.41) is 37.6. The summed E-state index contributed by atoms with van der Waals surface area (Å²) in [6.07, 6.45) is -0.330. The number of carbonyl (C=O) groups is 2. The van der Waals surface area contributed by atoms with Gasteiger partial charge in [-0.15, -0.1) is 0 Å². The molecule has 15 nitrogen and oxygen atoms in total. The summed E-state index contributed by atoms with van der Waals surface area (Å²) in [7, 11) is 4.78. The Morgan fingerprint density at radius 2 is 1.80 bits per heavy atom. The number of nitrogens with zero attached hydrogens (tertiary/aromatic N) is 2. The Morgan fingerprint density at radius 1 is 1.04 bits per heavy atom. The molecule has 0 aliphatic carbocycles. The Kier molecular flexibility index (Phi) is 8.42. The molecule has 8 atom stereocenters. The van der Waals surface area contributed by atoms with Crippen LogP contribution in [0.3, 0.4) is 0 Å². The number of aliphatic hydroxyl groups excluding tert-OH is 1. The number of piperazine rings is 1. The van der Waals surface area contributed by atoms with Crippen molar-refractivity contribution in [2.24, 2.45) is 0 Å². The fourth-order valence-corrected chi connectivity index (χ4v) is 12.3. The van der Waals surface area contributed by atoms with Crippen LogP contribution in [0.15, 0.2) is 18.2 Å². The highest BCUT2D eigenvalue weighted by atomic mass is 32.2. The zero-order valence-corrected chi connectivity index (χ0v) is 32.1. The first-order valence-electron chi connectivity index (χ1n) is 18.2. The topological polar surface area (TPSA) is 192 Å². The van der Waals surface area contributed by atoms with Gasteiger partial charge in [0.25, 0.3) is 0 Å². The quantitative estimate of drug-likeness (QED) is 0.172. The van der Waals surface area contributed by atoms with Gasteiger partial charge in [-0.05, 0) is 79.3 Å². The van der Waals surface area contributed by atoms with Crippen LogP contribution in [0.4, 0.5) is 0 Å². The van der Waals surface area contributed by atoms with E-state index in [2.05, 4.69) is 5.32 Å². The van der Waals surface area contributed by atoms with Crippen LogP contribution >= 0.6 is 0 Å². The van der Waals surface area contributed by atoms with Crippen molar-refractivity contribution in [1.29, 1.82) is 0 Å². The van der Waals surface area contributed by atoms with Crippen molar-refractivity contribution in [1.82, 2.24) is 15.1 Å². The molecule has 55 heavy (non-hydrogen) atoms. The standard InChI is InChI=1S/C39H43N3O12S/c1-16-9-20-10-22-37(46)42-23-13-51-38(47)39(21-12-25(49-5)24(44)11-19(21)7-8-40-39)14-55(48)36(30(42)29(41(22)4)26(20)31(45)32(16)50-6)28-27(23)35-34(52-15-53-35)17(2)33(28)54-18(3)43/h9,11-12,22-23,29-30,36-37,40,44-46H,7-8,10,13-15H2,1-6H3/t22?,23-,29?,30+,36+,37-,39+,55?/m0/s1. The SMILES string of the molecule is COc1cc2c(cc1O)CCN[C@]21C[S+]([O-])[C@@H]2c3c(OC(C)=O)c(C)c4c(c3[C@H](COC1=O)N1[C@@H]2C2c3c(cc(C)c(OC)c3O)CC([C@@H]1O)N2C)OCO4. The fraction of sp³-hybridized carbons (Fsp3) is 0.487. The van der Waals surface area contributed by atoms with E-state index in [0.29, 0.717) is 70.0 Å². The smallest absolute Gasteiger partial charge is 0.336 e. The number of carbonyl (C=O) groups excluding carboxylic acids is 2. The van der Waals surface area contributed by atoms with E-state index in [-0.39, 0.29) is 42.2 Å². The first kappa shape index (κ1) is 36.2. The molecule has 3 unspecified atom stereocenters. The molecular weight excluding hydrogens is 735 g/mol. The molecule has 7 heterocycles. The molecule has 2 fully saturated rings. The Labute approximate surface area is 320 Å². The number of phenolic OH excluding ortho intramolecular Hbond substituents is 2. The number of esters is 2. The zero-order chi connectivity index (χ0) is 38.8. The van der Waals surface area contributed by atoms with E-state index >= 15 is 4.55 Å². The molecule has 3 aromatic rings. The van der Waals surface area contributed by atoms with Crippen LogP contribution in [-0.4, -0.2) is 107 Å². The van der Waals surface area contributed by atoms with Gasteiger partial charge in [-0.3, -0.25) is 19.9 Å². The summed E-state index contributed by atoms with van der Waals surface area (Å²) in [6, 6.07) is 2.16. The fourth-order valence-electron chi connectivity index (χ4n) is 10.2. The molecular formula is C39H43N3O12S. The van der Waals surface area contributed by atoms with Gasteiger partial charge in [0.2, 0.25) is 6.79 Å². The number of aryl methyl sites for hydroxylation is 1. The number of aromatic hydroxyl groups is 2. The van der Waals surface area contributed by atoms with Crippen LogP contribution in [0.1, 0.15) is 68.8 Å². The zero-order valence-electron chi connectivity index (χ0n) is 31.3. The number of methoxy groups -OCH3 is 2. The Bertz CT molecular complexity index is 2160. The maximum Gasteiger partial charge on any atom is 0.336 e. The number of nitrogens with one attached hydrogen (secondary N) is 1. The number of aliphatic hydroxyl groups is 1. The average molecular weight is 778 g/mol. The van der Waals surface area contributed by atoms with Crippen molar-refractivity contribution < 1.29 is 57.9 Å². The number of fused-ring (bicyclic) bond motifs is 9. The van der Waals surface area contributed by atoms with E-state index in [1.807, 2.05) is 29.8 Å². The van der Waals surface area contributed by atoms with E-state index in [1.165, 1.54) is 21.1 Å². The molecule has 3 aromatic carbocycles. The summed E-state index contributed by atoms with van der Waals surface area (Å²) in [4.78, 5) is 31.5. The molecule has 0 amide bonds. The minimum Gasteiger partial charge on any atom is -0.616 e. The minimum absolute atomic E-state index is 0.0529. The van der Waals surface area contributed by atoms with E-state index in [1.54, 1.807) is 19.1 Å². The molecule has 0 aromatic heterocycles. The molecule has 4 N–H and O–H groups in total. The maximum absolute atomic E-state index is 15.9. The molecule has 10 rings (SSSR count). The molecule has 4 bridgehead atoms. The number of hydrogen-bond donors (Lipinski definition) is 4. The van der Waals surface area contributed by atoms with Gasteiger partial charge in [0.15, 0.2) is 45.3 Å². The number of hydrogen-bond acceptors (Lipinski definition) is 15.